The molecular formula is C101H180N8O15S2. The molecule has 1 rings (SSSR count). The Morgan fingerprint density at radius 1 is 0.381 bits per heavy atom. The van der Waals surface area contributed by atoms with E-state index in [4.69, 9.17) is 26.7 Å². The highest BCUT2D eigenvalue weighted by Crippen LogP contribution is 2.26. The highest BCUT2D eigenvalue weighted by atomic mass is 32.2. The van der Waals surface area contributed by atoms with E-state index in [0.717, 1.165) is 88.0 Å². The third-order valence-corrected chi connectivity index (χ3v) is 25.6. The summed E-state index contributed by atoms with van der Waals surface area (Å²) in [6, 6.07) is 5.10. The van der Waals surface area contributed by atoms with Crippen molar-refractivity contribution in [2.24, 2.45) is 64.5 Å². The maximum Gasteiger partial charge on any atom is 0.306 e. The molecule has 0 bridgehead atoms. The minimum absolute atomic E-state index is 0.000787. The van der Waals surface area contributed by atoms with Crippen molar-refractivity contribution < 1.29 is 72.1 Å². The van der Waals surface area contributed by atoms with Crippen LogP contribution in [0.5, 0.6) is 0 Å². The van der Waals surface area contributed by atoms with Crippen LogP contribution in [0.4, 0.5) is 0 Å². The number of ether oxygens (including phenoxy) is 2. The largest absolute Gasteiger partial charge is 0.462 e. The molecule has 1 aromatic carbocycles. The molecule has 0 aliphatic heterocycles. The highest BCUT2D eigenvalue weighted by molar-refractivity contribution is 7.99. The fourth-order valence-electron chi connectivity index (χ4n) is 16.0. The summed E-state index contributed by atoms with van der Waals surface area (Å²) in [6.45, 7) is 18.9. The van der Waals surface area contributed by atoms with Gasteiger partial charge in [-0.05, 0) is 164 Å². The second-order valence-corrected chi connectivity index (χ2v) is 39.7. The summed E-state index contributed by atoms with van der Waals surface area (Å²) in [6.07, 6.45) is 38.3. The summed E-state index contributed by atoms with van der Waals surface area (Å²) in [5, 5.41) is 25.7. The number of aliphatic hydroxyl groups excluding tert-OH is 1. The molecular weight excluding hydrogens is 1630 g/mol. The van der Waals surface area contributed by atoms with Crippen LogP contribution in [0.25, 0.3) is 0 Å². The van der Waals surface area contributed by atoms with Crippen LogP contribution in [0.1, 0.15) is 389 Å². The van der Waals surface area contributed by atoms with Crippen LogP contribution in [0.15, 0.2) is 30.3 Å². The standard InChI is InChI=1S/C101H180N8O15S2/c1-76(2)48-33-26-20-14-11-17-23-29-38-57-95(116)106-90(75-126-74-86(124-97(118)59-40-31-25-19-13-16-22-28-35-50-78(5)6)73-123-96(117)58-39-30-24-18-12-15-21-27-34-49-77(3)4)94(115)71-85(72-110)101(122)108-88(55-43-46-63-104)92(113)69-82(53-41-44-61-102)99(120)107-87(54-42-45-62-103)91(112)56-47-64-105-98(119)84(68-81-51-36-32-37-52-81)70-93(114)89(66-79(7)8)109-100(121)83(60-65-125-10)67-80(9)111/h32,36-37,51-52,76-79,82-90,110H,11-31,33-35,38-50,53-75,102-104H2,1-10H3,(H,105,119)(H,106,116)(H,107,120)(H,108,122)(H,109,121). The first-order valence-electron chi connectivity index (χ1n) is 49.8. The molecule has 12 N–H and O–H groups in total. The average Bonchev–Trinajstić information content (AvgIpc) is 0.864. The van der Waals surface area contributed by atoms with Gasteiger partial charge in [-0.25, -0.2) is 0 Å². The molecule has 9 unspecified atom stereocenters. The van der Waals surface area contributed by atoms with E-state index >= 15 is 0 Å². The Bertz CT molecular complexity index is 3070. The van der Waals surface area contributed by atoms with Crippen molar-refractivity contribution in [2.75, 3.05) is 62.9 Å². The second-order valence-electron chi connectivity index (χ2n) is 37.7. The lowest BCUT2D eigenvalue weighted by Gasteiger charge is -2.26. The number of thioether (sulfide) groups is 2. The van der Waals surface area contributed by atoms with E-state index in [1.165, 1.54) is 121 Å². The number of hydrogen-bond acceptors (Lipinski definition) is 20. The van der Waals surface area contributed by atoms with Crippen LogP contribution in [0.2, 0.25) is 0 Å². The number of rotatable bonds is 87. The molecule has 0 aliphatic rings. The van der Waals surface area contributed by atoms with Gasteiger partial charge in [0.2, 0.25) is 29.5 Å². The van der Waals surface area contributed by atoms with Gasteiger partial charge in [-0.3, -0.25) is 52.7 Å². The minimum atomic E-state index is -1.36. The van der Waals surface area contributed by atoms with E-state index in [1.54, 1.807) is 11.8 Å². The summed E-state index contributed by atoms with van der Waals surface area (Å²) in [5.41, 5.74) is 18.7. The van der Waals surface area contributed by atoms with Crippen LogP contribution in [0.3, 0.4) is 0 Å². The Morgan fingerprint density at radius 2 is 0.786 bits per heavy atom. The summed E-state index contributed by atoms with van der Waals surface area (Å²) < 4.78 is 11.9. The predicted octanol–water partition coefficient (Wildman–Crippen LogP) is 18.2. The number of amides is 5. The fourth-order valence-corrected chi connectivity index (χ4v) is 17.6. The quantitative estimate of drug-likeness (QED) is 0.0216. The zero-order valence-corrected chi connectivity index (χ0v) is 82.2. The van der Waals surface area contributed by atoms with E-state index in [9.17, 15) is 62.6 Å². The Morgan fingerprint density at radius 3 is 1.25 bits per heavy atom. The number of carbonyl (C=O) groups excluding carboxylic acids is 12. The summed E-state index contributed by atoms with van der Waals surface area (Å²) >= 11 is 2.81. The lowest BCUT2D eigenvalue weighted by Crippen LogP contribution is -2.48. The number of esters is 2. The molecule has 0 fully saturated rings. The van der Waals surface area contributed by atoms with Gasteiger partial charge in [0.25, 0.3) is 0 Å². The smallest absolute Gasteiger partial charge is 0.306 e. The molecule has 0 spiro atoms. The van der Waals surface area contributed by atoms with E-state index in [-0.39, 0.29) is 149 Å². The summed E-state index contributed by atoms with van der Waals surface area (Å²) in [7, 11) is 0. The molecule has 0 saturated heterocycles. The fraction of sp³-hybridized carbons (Fsp3) is 0.822. The van der Waals surface area contributed by atoms with Crippen molar-refractivity contribution in [1.82, 2.24) is 26.6 Å². The Balaban J connectivity index is 3.53. The van der Waals surface area contributed by atoms with E-state index in [0.29, 0.717) is 95.4 Å². The molecule has 1 aromatic rings. The summed E-state index contributed by atoms with van der Waals surface area (Å²) in [4.78, 5) is 169. The molecule has 25 heteroatoms. The zero-order valence-electron chi connectivity index (χ0n) is 80.5. The van der Waals surface area contributed by atoms with E-state index in [2.05, 4.69) is 68.1 Å². The molecule has 0 radical (unpaired) electrons. The van der Waals surface area contributed by atoms with Crippen LogP contribution < -0.4 is 43.8 Å². The van der Waals surface area contributed by atoms with Crippen molar-refractivity contribution in [3.05, 3.63) is 35.9 Å². The Kier molecular flexibility index (Phi) is 73.4. The molecule has 726 valence electrons. The maximum atomic E-state index is 14.8. The molecule has 5 amide bonds. The van der Waals surface area contributed by atoms with Gasteiger partial charge in [0.05, 0.1) is 36.7 Å². The average molecular weight is 1810 g/mol. The predicted molar refractivity (Wildman–Crippen MR) is 517 cm³/mol. The first kappa shape index (κ1) is 118. The third-order valence-electron chi connectivity index (χ3n) is 23.7. The van der Waals surface area contributed by atoms with Crippen LogP contribution >= 0.6 is 23.5 Å². The number of unbranched alkanes of at least 4 members (excludes halogenated alkanes) is 27. The number of ketones is 5. The molecule has 9 atom stereocenters. The molecule has 0 aromatic heterocycles. The second kappa shape index (κ2) is 78.1. The first-order chi connectivity index (χ1) is 60.6. The molecule has 126 heavy (non-hydrogen) atoms. The van der Waals surface area contributed by atoms with Crippen LogP contribution in [-0.2, 0) is 73.4 Å². The van der Waals surface area contributed by atoms with Gasteiger partial charge < -0.3 is 63.2 Å². The van der Waals surface area contributed by atoms with Crippen LogP contribution in [0, 0.1) is 47.3 Å². The zero-order chi connectivity index (χ0) is 93.3. The number of hydrogen-bond donors (Lipinski definition) is 9. The van der Waals surface area contributed by atoms with Crippen molar-refractivity contribution >= 4 is 93.9 Å². The first-order valence-corrected chi connectivity index (χ1v) is 52.4. The van der Waals surface area contributed by atoms with Crippen molar-refractivity contribution in [2.45, 2.75) is 420 Å². The Hall–Kier alpha value is -5.60. The lowest BCUT2D eigenvalue weighted by molar-refractivity contribution is -0.157. The van der Waals surface area contributed by atoms with Crippen molar-refractivity contribution in [3.8, 4) is 0 Å². The molecule has 0 heterocycles. The third kappa shape index (κ3) is 64.2. The number of carbonyl (C=O) groups is 12. The number of Topliss-reactive ketones (excluding diaryl/α,β-unsaturated/α-hetero) is 5. The molecule has 23 nitrogen and oxygen atoms in total. The van der Waals surface area contributed by atoms with Gasteiger partial charge in [0, 0.05) is 87.2 Å². The van der Waals surface area contributed by atoms with Gasteiger partial charge in [-0.15, -0.1) is 0 Å². The normalized spacial score (nSPS) is 13.8. The maximum absolute atomic E-state index is 14.8. The monoisotopic (exact) mass is 1810 g/mol. The number of benzene rings is 1. The van der Waals surface area contributed by atoms with Crippen molar-refractivity contribution in [1.29, 1.82) is 0 Å². The number of nitrogens with two attached hydrogens (primary N) is 3. The molecule has 0 aliphatic carbocycles. The van der Waals surface area contributed by atoms with Gasteiger partial charge in [-0.2, -0.15) is 23.5 Å². The SMILES string of the molecule is CSCCC(CC(C)=O)C(=O)NC(CC(C)C)C(=O)CC(Cc1ccccc1)C(=O)NCCCC(=O)C(CCCCN)NC(=O)C(CCCCN)CC(=O)C(CCCCN)NC(=O)C(CO)CC(=O)C(CSCC(COC(=O)CCCCCCCCCCCC(C)C)OC(=O)CCCCCCCCCCCC(C)C)NC(=O)CCCCCCCCCCCC(C)C. The summed E-state index contributed by atoms with van der Waals surface area (Å²) in [5.74, 6) is -5.80. The molecule has 0 saturated carbocycles. The van der Waals surface area contributed by atoms with E-state index < -0.39 is 102 Å². The Labute approximate surface area is 771 Å². The van der Waals surface area contributed by atoms with Gasteiger partial charge in [0.15, 0.2) is 23.1 Å². The number of aliphatic hydroxyl groups is 1. The van der Waals surface area contributed by atoms with Gasteiger partial charge in [-0.1, -0.05) is 266 Å². The van der Waals surface area contributed by atoms with E-state index in [1.807, 2.05) is 50.4 Å². The minimum Gasteiger partial charge on any atom is -0.462 e. The topological polar surface area (TPSA) is 382 Å². The lowest BCUT2D eigenvalue weighted by atomic mass is 9.88. The van der Waals surface area contributed by atoms with Gasteiger partial charge >= 0.3 is 11.9 Å². The van der Waals surface area contributed by atoms with Crippen LogP contribution in [-0.4, -0.2) is 169 Å². The van der Waals surface area contributed by atoms with Gasteiger partial charge in [0.1, 0.15) is 18.5 Å². The van der Waals surface area contributed by atoms with Crippen molar-refractivity contribution in [3.63, 3.8) is 0 Å². The highest BCUT2D eigenvalue weighted by Gasteiger charge is 2.35. The number of nitrogens with one attached hydrogen (secondary N) is 5.